The number of aromatic nitrogens is 1. The van der Waals surface area contributed by atoms with Gasteiger partial charge < -0.3 is 0 Å². The van der Waals surface area contributed by atoms with E-state index in [1.54, 1.807) is 0 Å². The van der Waals surface area contributed by atoms with E-state index in [4.69, 9.17) is 0 Å². The van der Waals surface area contributed by atoms with Crippen molar-refractivity contribution >= 4 is 15.9 Å². The highest BCUT2D eigenvalue weighted by Gasteiger charge is 2.35. The second-order valence-corrected chi connectivity index (χ2v) is 3.25. The van der Waals surface area contributed by atoms with Gasteiger partial charge in [-0.15, -0.1) is 0 Å². The zero-order valence-electron chi connectivity index (χ0n) is 6.75. The maximum Gasteiger partial charge on any atom is 0.433 e. The van der Waals surface area contributed by atoms with Crippen LogP contribution in [0.25, 0.3) is 0 Å². The molecule has 0 bridgehead atoms. The Balaban J connectivity index is 3.36. The van der Waals surface area contributed by atoms with Crippen LogP contribution in [0.3, 0.4) is 0 Å². The summed E-state index contributed by atoms with van der Waals surface area (Å²) in [5.41, 5.74) is -2.89. The molecule has 1 aromatic rings. The average Bonchev–Trinajstić information content (AvgIpc) is 2.06. The molecule has 1 heterocycles. The number of rotatable bonds is 1. The molecule has 84 valence electrons. The van der Waals surface area contributed by atoms with E-state index in [0.29, 0.717) is 0 Å². The Morgan fingerprint density at radius 2 is 1.80 bits per heavy atom. The minimum Gasteiger partial charge on any atom is -0.233 e. The Morgan fingerprint density at radius 1 is 1.27 bits per heavy atom. The van der Waals surface area contributed by atoms with E-state index < -0.39 is 34.3 Å². The maximum atomic E-state index is 12.9. The Bertz CT molecular complexity index is 374. The SMILES string of the molecule is Fc1c(C(F)F)cc(C(F)(F)F)nc1Br. The third kappa shape index (κ3) is 2.61. The van der Waals surface area contributed by atoms with Crippen LogP contribution in [0.15, 0.2) is 10.7 Å². The summed E-state index contributed by atoms with van der Waals surface area (Å²) in [6, 6.07) is -0.00917. The van der Waals surface area contributed by atoms with Crippen LogP contribution in [-0.2, 0) is 6.18 Å². The third-order valence-corrected chi connectivity index (χ3v) is 2.00. The highest BCUT2D eigenvalue weighted by molar-refractivity contribution is 9.10. The second-order valence-electron chi connectivity index (χ2n) is 2.50. The first-order valence-corrected chi connectivity index (χ1v) is 4.24. The second kappa shape index (κ2) is 3.99. The number of hydrogen-bond donors (Lipinski definition) is 0. The smallest absolute Gasteiger partial charge is 0.233 e. The largest absolute Gasteiger partial charge is 0.433 e. The predicted octanol–water partition coefficient (Wildman–Crippen LogP) is 3.94. The minimum absolute atomic E-state index is 0.00917. The molecule has 0 aliphatic heterocycles. The van der Waals surface area contributed by atoms with Gasteiger partial charge in [0.15, 0.2) is 5.82 Å². The van der Waals surface area contributed by atoms with Gasteiger partial charge in [-0.3, -0.25) is 0 Å². The number of alkyl halides is 5. The van der Waals surface area contributed by atoms with Crippen LogP contribution in [0.2, 0.25) is 0 Å². The summed E-state index contributed by atoms with van der Waals surface area (Å²) in [5.74, 6) is -1.49. The molecule has 0 saturated carbocycles. The summed E-state index contributed by atoms with van der Waals surface area (Å²) in [4.78, 5) is 2.77. The number of nitrogens with zero attached hydrogens (tertiary/aromatic N) is 1. The lowest BCUT2D eigenvalue weighted by atomic mass is 10.2. The molecular formula is C7H2BrF6N. The van der Waals surface area contributed by atoms with E-state index in [9.17, 15) is 26.3 Å². The fourth-order valence-corrected chi connectivity index (χ4v) is 1.24. The van der Waals surface area contributed by atoms with Gasteiger partial charge >= 0.3 is 6.18 Å². The van der Waals surface area contributed by atoms with Crippen LogP contribution in [0.4, 0.5) is 26.3 Å². The Kier molecular flexibility index (Phi) is 3.27. The normalized spacial score (nSPS) is 12.3. The van der Waals surface area contributed by atoms with Crippen LogP contribution in [0, 0.1) is 5.82 Å². The molecule has 0 unspecified atom stereocenters. The summed E-state index contributed by atoms with van der Waals surface area (Å²) >= 11 is 2.34. The molecule has 1 rings (SSSR count). The molecule has 15 heavy (non-hydrogen) atoms. The van der Waals surface area contributed by atoms with Crippen LogP contribution in [-0.4, -0.2) is 4.98 Å². The third-order valence-electron chi connectivity index (χ3n) is 1.47. The topological polar surface area (TPSA) is 12.9 Å². The molecule has 1 nitrogen and oxygen atoms in total. The molecular weight excluding hydrogens is 292 g/mol. The molecule has 0 saturated heterocycles. The van der Waals surface area contributed by atoms with Crippen LogP contribution in [0.1, 0.15) is 17.7 Å². The summed E-state index contributed by atoms with van der Waals surface area (Å²) in [7, 11) is 0. The zero-order valence-corrected chi connectivity index (χ0v) is 8.33. The number of halogens is 7. The van der Waals surface area contributed by atoms with Gasteiger partial charge in [-0.2, -0.15) is 13.2 Å². The van der Waals surface area contributed by atoms with E-state index >= 15 is 0 Å². The molecule has 0 aromatic carbocycles. The van der Waals surface area contributed by atoms with Crippen LogP contribution in [0.5, 0.6) is 0 Å². The van der Waals surface area contributed by atoms with Crippen molar-refractivity contribution in [2.45, 2.75) is 12.6 Å². The molecule has 0 radical (unpaired) electrons. The van der Waals surface area contributed by atoms with Crippen molar-refractivity contribution in [2.24, 2.45) is 0 Å². The molecule has 0 atom stereocenters. The standard InChI is InChI=1S/C7H2BrF6N/c8-5-4(9)2(6(10)11)1-3(15-5)7(12,13)14/h1,6H. The van der Waals surface area contributed by atoms with Crippen LogP contribution < -0.4 is 0 Å². The number of hydrogen-bond acceptors (Lipinski definition) is 1. The van der Waals surface area contributed by atoms with E-state index in [-0.39, 0.29) is 6.07 Å². The van der Waals surface area contributed by atoms with Crippen molar-refractivity contribution in [3.8, 4) is 0 Å². The highest BCUT2D eigenvalue weighted by atomic mass is 79.9. The molecule has 0 fully saturated rings. The van der Waals surface area contributed by atoms with Gasteiger partial charge in [0.05, 0.1) is 5.56 Å². The van der Waals surface area contributed by atoms with Gasteiger partial charge in [0.25, 0.3) is 6.43 Å². The number of pyridine rings is 1. The van der Waals surface area contributed by atoms with Gasteiger partial charge in [0, 0.05) is 0 Å². The lowest BCUT2D eigenvalue weighted by molar-refractivity contribution is -0.141. The first-order valence-electron chi connectivity index (χ1n) is 3.44. The van der Waals surface area contributed by atoms with E-state index in [1.807, 2.05) is 0 Å². The van der Waals surface area contributed by atoms with Gasteiger partial charge in [0.2, 0.25) is 0 Å². The molecule has 0 amide bonds. The van der Waals surface area contributed by atoms with E-state index in [2.05, 4.69) is 20.9 Å². The first kappa shape index (κ1) is 12.3. The zero-order chi connectivity index (χ0) is 11.8. The predicted molar refractivity (Wildman–Crippen MR) is 41.9 cm³/mol. The molecule has 0 aliphatic carbocycles. The first-order chi connectivity index (χ1) is 6.73. The van der Waals surface area contributed by atoms with E-state index in [0.717, 1.165) is 0 Å². The van der Waals surface area contributed by atoms with E-state index in [1.165, 1.54) is 0 Å². The summed E-state index contributed by atoms with van der Waals surface area (Å²) in [5, 5.41) is 0. The summed E-state index contributed by atoms with van der Waals surface area (Å²) < 4.78 is 72.5. The minimum atomic E-state index is -4.89. The van der Waals surface area contributed by atoms with Crippen molar-refractivity contribution in [3.05, 3.63) is 27.7 Å². The Hall–Kier alpha value is -0.790. The summed E-state index contributed by atoms with van der Waals surface area (Å²) in [6.45, 7) is 0. The quantitative estimate of drug-likeness (QED) is 0.564. The Labute approximate surface area is 88.2 Å². The van der Waals surface area contributed by atoms with Crippen molar-refractivity contribution in [3.63, 3.8) is 0 Å². The summed E-state index contributed by atoms with van der Waals surface area (Å²) in [6.07, 6.45) is -8.22. The Morgan fingerprint density at radius 3 is 2.20 bits per heavy atom. The van der Waals surface area contributed by atoms with Crippen molar-refractivity contribution in [1.82, 2.24) is 4.98 Å². The molecule has 0 aliphatic rings. The van der Waals surface area contributed by atoms with Gasteiger partial charge in [-0.25, -0.2) is 18.2 Å². The molecule has 8 heteroatoms. The van der Waals surface area contributed by atoms with Gasteiger partial charge in [-0.1, -0.05) is 0 Å². The maximum absolute atomic E-state index is 12.9. The van der Waals surface area contributed by atoms with Crippen molar-refractivity contribution in [2.75, 3.05) is 0 Å². The molecule has 0 spiro atoms. The fraction of sp³-hybridized carbons (Fsp3) is 0.286. The van der Waals surface area contributed by atoms with Gasteiger partial charge in [0.1, 0.15) is 10.3 Å². The monoisotopic (exact) mass is 293 g/mol. The van der Waals surface area contributed by atoms with Gasteiger partial charge in [-0.05, 0) is 22.0 Å². The van der Waals surface area contributed by atoms with Crippen molar-refractivity contribution < 1.29 is 26.3 Å². The molecule has 0 N–H and O–H groups in total. The van der Waals surface area contributed by atoms with Crippen molar-refractivity contribution in [1.29, 1.82) is 0 Å². The average molecular weight is 294 g/mol. The highest BCUT2D eigenvalue weighted by Crippen LogP contribution is 2.33. The van der Waals surface area contributed by atoms with Crippen LogP contribution >= 0.6 is 15.9 Å². The molecule has 1 aromatic heterocycles. The lowest BCUT2D eigenvalue weighted by Gasteiger charge is -2.09. The fourth-order valence-electron chi connectivity index (χ4n) is 0.821. The lowest BCUT2D eigenvalue weighted by Crippen LogP contribution is -2.10.